The second-order valence-electron chi connectivity index (χ2n) is 4.04. The zero-order valence-electron chi connectivity index (χ0n) is 10.3. The highest BCUT2D eigenvalue weighted by molar-refractivity contribution is 7.98. The lowest BCUT2D eigenvalue weighted by molar-refractivity contribution is 0.0697. The monoisotopic (exact) mass is 287 g/mol. The van der Waals surface area contributed by atoms with E-state index in [0.29, 0.717) is 16.9 Å². The predicted octanol–water partition coefficient (Wildman–Crippen LogP) is 3.69. The Hall–Kier alpha value is -2.32. The maximum atomic E-state index is 13.6. The van der Waals surface area contributed by atoms with Gasteiger partial charge in [-0.25, -0.2) is 9.18 Å². The molecule has 0 saturated heterocycles. The number of carbonyl (C=O) groups is 1. The molecule has 20 heavy (non-hydrogen) atoms. The number of aromatic carboxylic acids is 1. The van der Waals surface area contributed by atoms with Crippen molar-refractivity contribution in [1.82, 2.24) is 0 Å². The molecule has 0 saturated carbocycles. The van der Waals surface area contributed by atoms with Gasteiger partial charge in [0.25, 0.3) is 0 Å². The van der Waals surface area contributed by atoms with Gasteiger partial charge in [0, 0.05) is 10.6 Å². The zero-order valence-corrected chi connectivity index (χ0v) is 11.2. The van der Waals surface area contributed by atoms with E-state index in [1.807, 2.05) is 6.07 Å². The highest BCUT2D eigenvalue weighted by atomic mass is 32.2. The average Bonchev–Trinajstić information content (AvgIpc) is 2.47. The van der Waals surface area contributed by atoms with E-state index >= 15 is 0 Å². The molecule has 0 fully saturated rings. The largest absolute Gasteiger partial charge is 0.478 e. The van der Waals surface area contributed by atoms with Crippen molar-refractivity contribution in [2.45, 2.75) is 10.6 Å². The lowest BCUT2D eigenvalue weighted by Gasteiger charge is -2.04. The van der Waals surface area contributed by atoms with Gasteiger partial charge in [-0.1, -0.05) is 0 Å². The van der Waals surface area contributed by atoms with E-state index in [4.69, 9.17) is 10.4 Å². The van der Waals surface area contributed by atoms with Gasteiger partial charge in [0.05, 0.1) is 17.2 Å². The molecule has 100 valence electrons. The molecule has 2 rings (SSSR count). The van der Waals surface area contributed by atoms with Crippen LogP contribution in [0, 0.1) is 17.1 Å². The number of hydrogen-bond acceptors (Lipinski definition) is 3. The van der Waals surface area contributed by atoms with Crippen molar-refractivity contribution in [3.05, 3.63) is 65.0 Å². The molecule has 0 amide bonds. The molecule has 0 heterocycles. The highest BCUT2D eigenvalue weighted by Gasteiger charge is 2.06. The molecule has 2 aromatic rings. The summed E-state index contributed by atoms with van der Waals surface area (Å²) in [5.41, 5.74) is 1.09. The normalized spacial score (nSPS) is 10.0. The Kier molecular flexibility index (Phi) is 4.38. The first-order chi connectivity index (χ1) is 9.60. The van der Waals surface area contributed by atoms with E-state index < -0.39 is 5.97 Å². The third kappa shape index (κ3) is 3.37. The van der Waals surface area contributed by atoms with Crippen molar-refractivity contribution < 1.29 is 14.3 Å². The molecule has 0 unspecified atom stereocenters. The first-order valence-electron chi connectivity index (χ1n) is 5.75. The molecule has 0 bridgehead atoms. The lowest BCUT2D eigenvalue weighted by atomic mass is 10.1. The van der Waals surface area contributed by atoms with Crippen LogP contribution in [0.25, 0.3) is 0 Å². The number of carboxylic acids is 1. The molecule has 0 aliphatic carbocycles. The van der Waals surface area contributed by atoms with E-state index in [1.165, 1.54) is 42.1 Å². The van der Waals surface area contributed by atoms with Crippen molar-refractivity contribution in [3.8, 4) is 6.07 Å². The van der Waals surface area contributed by atoms with Crippen LogP contribution in [0.15, 0.2) is 47.4 Å². The number of nitrogens with zero attached hydrogens (tertiary/aromatic N) is 1. The summed E-state index contributed by atoms with van der Waals surface area (Å²) < 4.78 is 13.6. The van der Waals surface area contributed by atoms with Crippen LogP contribution in [-0.2, 0) is 5.75 Å². The second-order valence-corrected chi connectivity index (χ2v) is 5.08. The van der Waals surface area contributed by atoms with Crippen LogP contribution in [0.4, 0.5) is 4.39 Å². The van der Waals surface area contributed by atoms with Crippen molar-refractivity contribution in [3.63, 3.8) is 0 Å². The fourth-order valence-electron chi connectivity index (χ4n) is 1.61. The number of hydrogen-bond donors (Lipinski definition) is 1. The zero-order chi connectivity index (χ0) is 14.5. The van der Waals surface area contributed by atoms with E-state index in [-0.39, 0.29) is 11.4 Å². The minimum Gasteiger partial charge on any atom is -0.478 e. The molecule has 3 nitrogen and oxygen atoms in total. The standard InChI is InChI=1S/C15H10FNO2S/c16-14-6-1-10(8-17)7-12(14)9-20-13-4-2-11(3-5-13)15(18)19/h1-7H,9H2,(H,18,19). The summed E-state index contributed by atoms with van der Waals surface area (Å²) >= 11 is 1.38. The fraction of sp³-hybridized carbons (Fsp3) is 0.0667. The molecule has 0 aliphatic rings. The fourth-order valence-corrected chi connectivity index (χ4v) is 2.48. The summed E-state index contributed by atoms with van der Waals surface area (Å²) in [7, 11) is 0. The Bertz CT molecular complexity index is 677. The molecular weight excluding hydrogens is 277 g/mol. The highest BCUT2D eigenvalue weighted by Crippen LogP contribution is 2.25. The Morgan fingerprint density at radius 2 is 1.95 bits per heavy atom. The van der Waals surface area contributed by atoms with Crippen LogP contribution in [-0.4, -0.2) is 11.1 Å². The van der Waals surface area contributed by atoms with Crippen LogP contribution in [0.2, 0.25) is 0 Å². The SMILES string of the molecule is N#Cc1ccc(F)c(CSc2ccc(C(=O)O)cc2)c1. The summed E-state index contributed by atoms with van der Waals surface area (Å²) in [6.45, 7) is 0. The van der Waals surface area contributed by atoms with Crippen molar-refractivity contribution >= 4 is 17.7 Å². The van der Waals surface area contributed by atoms with Gasteiger partial charge in [0.2, 0.25) is 0 Å². The molecular formula is C15H10FNO2S. The van der Waals surface area contributed by atoms with Crippen LogP contribution >= 0.6 is 11.8 Å². The third-order valence-electron chi connectivity index (χ3n) is 2.67. The quantitative estimate of drug-likeness (QED) is 0.871. The van der Waals surface area contributed by atoms with Gasteiger partial charge in [-0.05, 0) is 48.0 Å². The van der Waals surface area contributed by atoms with Gasteiger partial charge >= 0.3 is 5.97 Å². The topological polar surface area (TPSA) is 61.1 Å². The number of carboxylic acid groups (broad SMARTS) is 1. The smallest absolute Gasteiger partial charge is 0.335 e. The first-order valence-corrected chi connectivity index (χ1v) is 6.73. The van der Waals surface area contributed by atoms with E-state index in [9.17, 15) is 9.18 Å². The van der Waals surface area contributed by atoms with Gasteiger partial charge in [-0.15, -0.1) is 11.8 Å². The maximum absolute atomic E-state index is 13.6. The molecule has 0 atom stereocenters. The van der Waals surface area contributed by atoms with Crippen LogP contribution < -0.4 is 0 Å². The Balaban J connectivity index is 2.09. The second kappa shape index (κ2) is 6.22. The minimum absolute atomic E-state index is 0.215. The maximum Gasteiger partial charge on any atom is 0.335 e. The molecule has 0 spiro atoms. The molecule has 2 aromatic carbocycles. The Morgan fingerprint density at radius 3 is 2.55 bits per heavy atom. The molecule has 0 aromatic heterocycles. The molecule has 1 N–H and O–H groups in total. The van der Waals surface area contributed by atoms with Crippen LogP contribution in [0.5, 0.6) is 0 Å². The number of rotatable bonds is 4. The number of thioether (sulfide) groups is 1. The van der Waals surface area contributed by atoms with Crippen LogP contribution in [0.1, 0.15) is 21.5 Å². The predicted molar refractivity (Wildman–Crippen MR) is 74.1 cm³/mol. The van der Waals surface area contributed by atoms with Gasteiger partial charge in [-0.3, -0.25) is 0 Å². The Labute approximate surface area is 119 Å². The van der Waals surface area contributed by atoms with E-state index in [2.05, 4.69) is 0 Å². The van der Waals surface area contributed by atoms with Gasteiger partial charge in [0.15, 0.2) is 0 Å². The summed E-state index contributed by atoms with van der Waals surface area (Å²) in [4.78, 5) is 11.6. The van der Waals surface area contributed by atoms with Crippen LogP contribution in [0.3, 0.4) is 0 Å². The van der Waals surface area contributed by atoms with Crippen molar-refractivity contribution in [1.29, 1.82) is 5.26 Å². The van der Waals surface area contributed by atoms with E-state index in [1.54, 1.807) is 12.1 Å². The molecule has 0 aliphatic heterocycles. The number of nitriles is 1. The summed E-state index contributed by atoms with van der Waals surface area (Å²) in [6, 6.07) is 12.6. The number of benzene rings is 2. The van der Waals surface area contributed by atoms with Crippen molar-refractivity contribution in [2.75, 3.05) is 0 Å². The van der Waals surface area contributed by atoms with Crippen molar-refractivity contribution in [2.24, 2.45) is 0 Å². The minimum atomic E-state index is -0.977. The molecule has 5 heteroatoms. The third-order valence-corrected chi connectivity index (χ3v) is 3.73. The lowest BCUT2D eigenvalue weighted by Crippen LogP contribution is -1.95. The van der Waals surface area contributed by atoms with E-state index in [0.717, 1.165) is 4.90 Å². The Morgan fingerprint density at radius 1 is 1.25 bits per heavy atom. The van der Waals surface area contributed by atoms with Gasteiger partial charge in [0.1, 0.15) is 5.82 Å². The average molecular weight is 287 g/mol. The summed E-state index contributed by atoms with van der Waals surface area (Å²) in [5, 5.41) is 17.6. The number of halogens is 1. The molecule has 0 radical (unpaired) electrons. The first kappa shape index (κ1) is 14.1. The van der Waals surface area contributed by atoms with Gasteiger partial charge < -0.3 is 5.11 Å². The van der Waals surface area contributed by atoms with Gasteiger partial charge in [-0.2, -0.15) is 5.26 Å². The summed E-state index contributed by atoms with van der Waals surface area (Å²) in [5.74, 6) is -0.943. The summed E-state index contributed by atoms with van der Waals surface area (Å²) in [6.07, 6.45) is 0.